The molecule has 1 aliphatic rings. The molecule has 1 aliphatic heterocycles. The number of alkyl halides is 3. The summed E-state index contributed by atoms with van der Waals surface area (Å²) in [6.45, 7) is 1.66. The predicted octanol–water partition coefficient (Wildman–Crippen LogP) is 2.19. The maximum Gasteiger partial charge on any atom is 0.460 e. The van der Waals surface area contributed by atoms with Crippen LogP contribution >= 0.6 is 0 Å². The van der Waals surface area contributed by atoms with Crippen LogP contribution in [0, 0.1) is 6.92 Å². The van der Waals surface area contributed by atoms with E-state index < -0.39 is 23.5 Å². The Morgan fingerprint density at radius 1 is 1.40 bits per heavy atom. The summed E-state index contributed by atoms with van der Waals surface area (Å²) in [5.41, 5.74) is -0.100. The lowest BCUT2D eigenvalue weighted by atomic mass is 9.97. The lowest BCUT2D eigenvalue weighted by Crippen LogP contribution is -2.54. The van der Waals surface area contributed by atoms with Crippen molar-refractivity contribution in [1.29, 1.82) is 0 Å². The molecule has 0 radical (unpaired) electrons. The molecule has 4 nitrogen and oxygen atoms in total. The van der Waals surface area contributed by atoms with E-state index in [-0.39, 0.29) is 11.3 Å². The van der Waals surface area contributed by atoms with E-state index in [0.717, 1.165) is 13.2 Å². The number of esters is 1. The van der Waals surface area contributed by atoms with E-state index in [1.54, 1.807) is 13.0 Å². The van der Waals surface area contributed by atoms with Gasteiger partial charge in [-0.2, -0.15) is 13.2 Å². The Morgan fingerprint density at radius 3 is 2.60 bits per heavy atom. The Bertz CT molecular complexity index is 592. The summed E-state index contributed by atoms with van der Waals surface area (Å²) in [7, 11) is 0.921. The molecule has 0 aromatic heterocycles. The van der Waals surface area contributed by atoms with E-state index in [9.17, 15) is 23.1 Å². The maximum absolute atomic E-state index is 13.0. The quantitative estimate of drug-likeness (QED) is 0.805. The molecule has 1 atom stereocenters. The zero-order chi connectivity index (χ0) is 15.1. The average molecular weight is 288 g/mol. The standard InChI is InChI=1S/C13H11F3O4/c1-7-3-4-8-6-9(11(17)19-2)12(18,13(14,15)16)20-10(8)5-7/h3-6,18H,1-2H3. The molecule has 1 aromatic rings. The van der Waals surface area contributed by atoms with Gasteiger partial charge in [-0.25, -0.2) is 4.79 Å². The zero-order valence-electron chi connectivity index (χ0n) is 10.6. The molecule has 108 valence electrons. The van der Waals surface area contributed by atoms with Crippen LogP contribution < -0.4 is 4.74 Å². The number of benzene rings is 1. The molecule has 1 unspecified atom stereocenters. The molecule has 0 saturated heterocycles. The first-order valence-electron chi connectivity index (χ1n) is 5.58. The summed E-state index contributed by atoms with van der Waals surface area (Å²) < 4.78 is 48.1. The highest BCUT2D eigenvalue weighted by Crippen LogP contribution is 2.44. The molecule has 0 amide bonds. The van der Waals surface area contributed by atoms with Crippen LogP contribution in [0.1, 0.15) is 11.1 Å². The van der Waals surface area contributed by atoms with Gasteiger partial charge in [-0.15, -0.1) is 0 Å². The van der Waals surface area contributed by atoms with Gasteiger partial charge in [-0.05, 0) is 24.6 Å². The summed E-state index contributed by atoms with van der Waals surface area (Å²) in [5.74, 6) is -5.19. The van der Waals surface area contributed by atoms with Crippen LogP contribution in [-0.2, 0) is 9.53 Å². The third-order valence-electron chi connectivity index (χ3n) is 2.88. The fourth-order valence-corrected chi connectivity index (χ4v) is 1.83. The third-order valence-corrected chi connectivity index (χ3v) is 2.88. The number of fused-ring (bicyclic) bond motifs is 1. The van der Waals surface area contributed by atoms with E-state index in [1.807, 2.05) is 0 Å². The van der Waals surface area contributed by atoms with Crippen molar-refractivity contribution < 1.29 is 32.5 Å². The summed E-state index contributed by atoms with van der Waals surface area (Å²) in [4.78, 5) is 11.5. The highest BCUT2D eigenvalue weighted by molar-refractivity contribution is 5.97. The van der Waals surface area contributed by atoms with E-state index in [1.165, 1.54) is 12.1 Å². The van der Waals surface area contributed by atoms with Crippen molar-refractivity contribution in [2.75, 3.05) is 7.11 Å². The predicted molar refractivity (Wildman–Crippen MR) is 62.8 cm³/mol. The number of aliphatic hydroxyl groups is 1. The lowest BCUT2D eigenvalue weighted by molar-refractivity contribution is -0.316. The minimum absolute atomic E-state index is 0.155. The van der Waals surface area contributed by atoms with Crippen LogP contribution in [-0.4, -0.2) is 30.1 Å². The van der Waals surface area contributed by atoms with Crippen molar-refractivity contribution >= 4 is 12.0 Å². The summed E-state index contributed by atoms with van der Waals surface area (Å²) in [6, 6.07) is 4.48. The molecule has 0 spiro atoms. The number of aryl methyl sites for hydroxylation is 1. The Morgan fingerprint density at radius 2 is 2.05 bits per heavy atom. The fourth-order valence-electron chi connectivity index (χ4n) is 1.83. The van der Waals surface area contributed by atoms with Crippen molar-refractivity contribution in [2.45, 2.75) is 18.9 Å². The second-order valence-electron chi connectivity index (χ2n) is 4.33. The molecule has 0 aliphatic carbocycles. The Labute approximate surface area is 112 Å². The van der Waals surface area contributed by atoms with E-state index in [0.29, 0.717) is 5.56 Å². The van der Waals surface area contributed by atoms with Crippen LogP contribution in [0.4, 0.5) is 13.2 Å². The van der Waals surface area contributed by atoms with E-state index >= 15 is 0 Å². The molecule has 1 N–H and O–H groups in total. The number of halogens is 3. The second kappa shape index (κ2) is 4.52. The van der Waals surface area contributed by atoms with Crippen LogP contribution in [0.5, 0.6) is 5.75 Å². The van der Waals surface area contributed by atoms with Crippen molar-refractivity contribution in [3.05, 3.63) is 34.9 Å². The number of ether oxygens (including phenoxy) is 2. The fraction of sp³-hybridized carbons (Fsp3) is 0.308. The average Bonchev–Trinajstić information content (AvgIpc) is 2.35. The van der Waals surface area contributed by atoms with Gasteiger partial charge < -0.3 is 14.6 Å². The highest BCUT2D eigenvalue weighted by Gasteiger charge is 2.63. The minimum atomic E-state index is -5.19. The molecule has 0 saturated carbocycles. The van der Waals surface area contributed by atoms with Crippen LogP contribution in [0.2, 0.25) is 0 Å². The number of carbonyl (C=O) groups is 1. The first kappa shape index (κ1) is 14.4. The monoisotopic (exact) mass is 288 g/mol. The van der Waals surface area contributed by atoms with Crippen LogP contribution in [0.15, 0.2) is 23.8 Å². The van der Waals surface area contributed by atoms with Crippen molar-refractivity contribution in [1.82, 2.24) is 0 Å². The molecule has 2 rings (SSSR count). The van der Waals surface area contributed by atoms with Crippen LogP contribution in [0.25, 0.3) is 6.08 Å². The van der Waals surface area contributed by atoms with Gasteiger partial charge in [-0.1, -0.05) is 12.1 Å². The second-order valence-corrected chi connectivity index (χ2v) is 4.33. The van der Waals surface area contributed by atoms with Gasteiger partial charge >= 0.3 is 17.9 Å². The summed E-state index contributed by atoms with van der Waals surface area (Å²) in [5, 5.41) is 9.79. The number of hydrogen-bond acceptors (Lipinski definition) is 4. The van der Waals surface area contributed by atoms with E-state index in [2.05, 4.69) is 9.47 Å². The summed E-state index contributed by atoms with van der Waals surface area (Å²) >= 11 is 0. The molecular weight excluding hydrogens is 277 g/mol. The van der Waals surface area contributed by atoms with Gasteiger partial charge in [0.1, 0.15) is 11.3 Å². The topological polar surface area (TPSA) is 55.8 Å². The number of hydrogen-bond donors (Lipinski definition) is 1. The highest BCUT2D eigenvalue weighted by atomic mass is 19.4. The third kappa shape index (κ3) is 2.14. The van der Waals surface area contributed by atoms with Gasteiger partial charge in [0.25, 0.3) is 0 Å². The Balaban J connectivity index is 2.64. The first-order chi connectivity index (χ1) is 9.19. The molecule has 1 heterocycles. The minimum Gasteiger partial charge on any atom is -0.465 e. The van der Waals surface area contributed by atoms with E-state index in [4.69, 9.17) is 0 Å². The van der Waals surface area contributed by atoms with Crippen molar-refractivity contribution in [2.24, 2.45) is 0 Å². The van der Waals surface area contributed by atoms with Gasteiger partial charge in [0, 0.05) is 5.56 Å². The number of carbonyl (C=O) groups excluding carboxylic acids is 1. The van der Waals surface area contributed by atoms with Crippen LogP contribution in [0.3, 0.4) is 0 Å². The van der Waals surface area contributed by atoms with Gasteiger partial charge in [0.2, 0.25) is 0 Å². The number of methoxy groups -OCH3 is 1. The molecule has 7 heteroatoms. The van der Waals surface area contributed by atoms with Gasteiger partial charge in [-0.3, -0.25) is 0 Å². The van der Waals surface area contributed by atoms with Gasteiger partial charge in [0.05, 0.1) is 7.11 Å². The molecule has 1 aromatic carbocycles. The first-order valence-corrected chi connectivity index (χ1v) is 5.58. The maximum atomic E-state index is 13.0. The Kier molecular flexibility index (Phi) is 3.25. The Hall–Kier alpha value is -2.02. The smallest absolute Gasteiger partial charge is 0.460 e. The van der Waals surface area contributed by atoms with Gasteiger partial charge in [0.15, 0.2) is 0 Å². The van der Waals surface area contributed by atoms with Crippen molar-refractivity contribution in [3.8, 4) is 5.75 Å². The molecule has 20 heavy (non-hydrogen) atoms. The largest absolute Gasteiger partial charge is 0.465 e. The molecule has 0 bridgehead atoms. The summed E-state index contributed by atoms with van der Waals surface area (Å²) in [6.07, 6.45) is -4.27. The molecular formula is C13H11F3O4. The molecule has 0 fully saturated rings. The SMILES string of the molecule is COC(=O)C1=Cc2ccc(C)cc2OC1(O)C(F)(F)F. The zero-order valence-corrected chi connectivity index (χ0v) is 10.6. The van der Waals surface area contributed by atoms with Crippen molar-refractivity contribution in [3.63, 3.8) is 0 Å². The number of rotatable bonds is 1. The lowest BCUT2D eigenvalue weighted by Gasteiger charge is -2.35. The normalized spacial score (nSPS) is 21.6.